The first-order valence-corrected chi connectivity index (χ1v) is 5.60. The normalized spacial score (nSPS) is 28.1. The van der Waals surface area contributed by atoms with Crippen LogP contribution in [-0.4, -0.2) is 35.6 Å². The molecule has 1 rings (SSSR count). The van der Waals surface area contributed by atoms with Gasteiger partial charge >= 0.3 is 5.97 Å². The zero-order chi connectivity index (χ0) is 10.6. The highest BCUT2D eigenvalue weighted by molar-refractivity contribution is 5.75. The molecule has 0 saturated carbocycles. The monoisotopic (exact) mass is 199 g/mol. The molecular formula is C11H21NO2. The number of carboxylic acids is 1. The van der Waals surface area contributed by atoms with Gasteiger partial charge in [-0.25, -0.2) is 0 Å². The summed E-state index contributed by atoms with van der Waals surface area (Å²) in [6, 6.07) is 0. The van der Waals surface area contributed by atoms with Crippen molar-refractivity contribution in [3.8, 4) is 0 Å². The standard InChI is InChI=1S/C11H21NO2/c1-3-5-7-12-8-6-11(4-2,9-12)10(13)14/h3-9H2,1-2H3,(H,13,14). The number of unbranched alkanes of at least 4 members (excludes halogenated alkanes) is 1. The molecule has 0 radical (unpaired) electrons. The van der Waals surface area contributed by atoms with E-state index in [4.69, 9.17) is 0 Å². The van der Waals surface area contributed by atoms with E-state index in [0.717, 1.165) is 32.5 Å². The van der Waals surface area contributed by atoms with Gasteiger partial charge in [0.2, 0.25) is 0 Å². The second-order valence-electron chi connectivity index (χ2n) is 4.32. The van der Waals surface area contributed by atoms with Crippen LogP contribution in [0.5, 0.6) is 0 Å². The molecule has 1 aliphatic heterocycles. The number of nitrogens with zero attached hydrogens (tertiary/aromatic N) is 1. The Morgan fingerprint density at radius 1 is 1.50 bits per heavy atom. The van der Waals surface area contributed by atoms with Crippen molar-refractivity contribution < 1.29 is 9.90 Å². The predicted molar refractivity (Wildman–Crippen MR) is 56.3 cm³/mol. The Morgan fingerprint density at radius 2 is 2.21 bits per heavy atom. The number of likely N-dealkylation sites (tertiary alicyclic amines) is 1. The van der Waals surface area contributed by atoms with Crippen LogP contribution in [0.25, 0.3) is 0 Å². The van der Waals surface area contributed by atoms with E-state index in [1.54, 1.807) is 0 Å². The van der Waals surface area contributed by atoms with Crippen LogP contribution in [0.3, 0.4) is 0 Å². The van der Waals surface area contributed by atoms with Crippen LogP contribution in [-0.2, 0) is 4.79 Å². The number of rotatable bonds is 5. The highest BCUT2D eigenvalue weighted by atomic mass is 16.4. The van der Waals surface area contributed by atoms with Gasteiger partial charge < -0.3 is 10.0 Å². The van der Waals surface area contributed by atoms with Gasteiger partial charge in [-0.05, 0) is 32.4 Å². The Hall–Kier alpha value is -0.570. The van der Waals surface area contributed by atoms with Crippen molar-refractivity contribution in [2.45, 2.75) is 39.5 Å². The first-order valence-electron chi connectivity index (χ1n) is 5.60. The summed E-state index contributed by atoms with van der Waals surface area (Å²) in [5, 5.41) is 9.18. The average Bonchev–Trinajstić information content (AvgIpc) is 2.59. The van der Waals surface area contributed by atoms with Gasteiger partial charge in [0.1, 0.15) is 0 Å². The summed E-state index contributed by atoms with van der Waals surface area (Å²) in [4.78, 5) is 13.4. The number of carboxylic acid groups (broad SMARTS) is 1. The molecule has 1 aliphatic rings. The average molecular weight is 199 g/mol. The Balaban J connectivity index is 2.48. The predicted octanol–water partition coefficient (Wildman–Crippen LogP) is 1.97. The SMILES string of the molecule is CCCCN1CCC(CC)(C(=O)O)C1. The van der Waals surface area contributed by atoms with Crippen molar-refractivity contribution in [1.82, 2.24) is 4.90 Å². The molecule has 0 aromatic heterocycles. The first-order chi connectivity index (χ1) is 6.64. The lowest BCUT2D eigenvalue weighted by molar-refractivity contribution is -0.148. The second kappa shape index (κ2) is 4.78. The van der Waals surface area contributed by atoms with Gasteiger partial charge in [-0.15, -0.1) is 0 Å². The molecule has 1 heterocycles. The van der Waals surface area contributed by atoms with E-state index in [0.29, 0.717) is 0 Å². The fraction of sp³-hybridized carbons (Fsp3) is 0.909. The lowest BCUT2D eigenvalue weighted by atomic mass is 9.84. The Kier molecular flexibility index (Phi) is 3.93. The lowest BCUT2D eigenvalue weighted by Crippen LogP contribution is -2.34. The first kappa shape index (κ1) is 11.5. The van der Waals surface area contributed by atoms with E-state index in [2.05, 4.69) is 11.8 Å². The van der Waals surface area contributed by atoms with Gasteiger partial charge in [0.05, 0.1) is 5.41 Å². The molecule has 14 heavy (non-hydrogen) atoms. The summed E-state index contributed by atoms with van der Waals surface area (Å²) in [6.07, 6.45) is 3.94. The van der Waals surface area contributed by atoms with Gasteiger partial charge in [0.15, 0.2) is 0 Å². The summed E-state index contributed by atoms with van der Waals surface area (Å²) in [6.45, 7) is 6.92. The largest absolute Gasteiger partial charge is 0.481 e. The van der Waals surface area contributed by atoms with E-state index in [9.17, 15) is 9.90 Å². The number of aliphatic carboxylic acids is 1. The van der Waals surface area contributed by atoms with Crippen molar-refractivity contribution in [3.63, 3.8) is 0 Å². The highest BCUT2D eigenvalue weighted by Gasteiger charge is 2.42. The van der Waals surface area contributed by atoms with Crippen LogP contribution >= 0.6 is 0 Å². The van der Waals surface area contributed by atoms with E-state index in [-0.39, 0.29) is 0 Å². The molecule has 0 aromatic rings. The summed E-state index contributed by atoms with van der Waals surface area (Å²) in [7, 11) is 0. The molecule has 3 heteroatoms. The van der Waals surface area contributed by atoms with Crippen molar-refractivity contribution in [2.24, 2.45) is 5.41 Å². The zero-order valence-corrected chi connectivity index (χ0v) is 9.25. The van der Waals surface area contributed by atoms with E-state index < -0.39 is 11.4 Å². The molecule has 1 atom stereocenters. The van der Waals surface area contributed by atoms with E-state index >= 15 is 0 Å². The van der Waals surface area contributed by atoms with Crippen molar-refractivity contribution in [2.75, 3.05) is 19.6 Å². The van der Waals surface area contributed by atoms with E-state index in [1.165, 1.54) is 12.8 Å². The Labute approximate surface area is 86.1 Å². The molecule has 1 N–H and O–H groups in total. The highest BCUT2D eigenvalue weighted by Crippen LogP contribution is 2.34. The summed E-state index contributed by atoms with van der Waals surface area (Å²) in [5.74, 6) is -0.612. The Bertz CT molecular complexity index is 205. The third-order valence-electron chi connectivity index (χ3n) is 3.39. The van der Waals surface area contributed by atoms with Crippen LogP contribution < -0.4 is 0 Å². The molecule has 0 aromatic carbocycles. The van der Waals surface area contributed by atoms with Gasteiger partial charge in [-0.2, -0.15) is 0 Å². The summed E-state index contributed by atoms with van der Waals surface area (Å²) >= 11 is 0. The molecule has 1 fully saturated rings. The maximum Gasteiger partial charge on any atom is 0.310 e. The van der Waals surface area contributed by atoms with Crippen molar-refractivity contribution >= 4 is 5.97 Å². The van der Waals surface area contributed by atoms with Gasteiger partial charge in [0, 0.05) is 6.54 Å². The number of carbonyl (C=O) groups is 1. The number of hydrogen-bond donors (Lipinski definition) is 1. The minimum Gasteiger partial charge on any atom is -0.481 e. The van der Waals surface area contributed by atoms with E-state index in [1.807, 2.05) is 6.92 Å². The Morgan fingerprint density at radius 3 is 2.64 bits per heavy atom. The fourth-order valence-corrected chi connectivity index (χ4v) is 2.15. The molecule has 0 bridgehead atoms. The summed E-state index contributed by atoms with van der Waals surface area (Å²) < 4.78 is 0. The van der Waals surface area contributed by atoms with Crippen LogP contribution in [0.4, 0.5) is 0 Å². The van der Waals surface area contributed by atoms with Gasteiger partial charge in [0.25, 0.3) is 0 Å². The molecular weight excluding hydrogens is 178 g/mol. The van der Waals surface area contributed by atoms with Crippen LogP contribution in [0, 0.1) is 5.41 Å². The third kappa shape index (κ3) is 2.27. The van der Waals surface area contributed by atoms with Gasteiger partial charge in [-0.1, -0.05) is 20.3 Å². The van der Waals surface area contributed by atoms with Crippen molar-refractivity contribution in [3.05, 3.63) is 0 Å². The third-order valence-corrected chi connectivity index (χ3v) is 3.39. The smallest absolute Gasteiger partial charge is 0.310 e. The van der Waals surface area contributed by atoms with Crippen LogP contribution in [0.2, 0.25) is 0 Å². The minimum atomic E-state index is -0.612. The molecule has 0 amide bonds. The number of hydrogen-bond acceptors (Lipinski definition) is 2. The second-order valence-corrected chi connectivity index (χ2v) is 4.32. The molecule has 1 unspecified atom stereocenters. The topological polar surface area (TPSA) is 40.5 Å². The maximum absolute atomic E-state index is 11.1. The molecule has 0 spiro atoms. The maximum atomic E-state index is 11.1. The van der Waals surface area contributed by atoms with Crippen LogP contribution in [0.15, 0.2) is 0 Å². The minimum absolute atomic E-state index is 0.451. The van der Waals surface area contributed by atoms with Crippen molar-refractivity contribution in [1.29, 1.82) is 0 Å². The molecule has 3 nitrogen and oxygen atoms in total. The van der Waals surface area contributed by atoms with Crippen LogP contribution in [0.1, 0.15) is 39.5 Å². The summed E-state index contributed by atoms with van der Waals surface area (Å²) in [5.41, 5.74) is -0.451. The fourth-order valence-electron chi connectivity index (χ4n) is 2.15. The lowest BCUT2D eigenvalue weighted by Gasteiger charge is -2.22. The molecule has 0 aliphatic carbocycles. The zero-order valence-electron chi connectivity index (χ0n) is 9.25. The molecule has 82 valence electrons. The molecule has 1 saturated heterocycles. The van der Waals surface area contributed by atoms with Gasteiger partial charge in [-0.3, -0.25) is 4.79 Å². The quantitative estimate of drug-likeness (QED) is 0.736.